The van der Waals surface area contributed by atoms with Gasteiger partial charge in [-0.15, -0.1) is 6.58 Å². The second-order valence-electron chi connectivity index (χ2n) is 3.83. The van der Waals surface area contributed by atoms with E-state index in [-0.39, 0.29) is 11.2 Å². The van der Waals surface area contributed by atoms with Crippen LogP contribution in [0.3, 0.4) is 0 Å². The topological polar surface area (TPSA) is 17.1 Å². The molecule has 0 saturated carbocycles. The molecular weight excluding hydrogens is 148 g/mol. The summed E-state index contributed by atoms with van der Waals surface area (Å²) in [4.78, 5) is 10.9. The molecule has 12 heavy (non-hydrogen) atoms. The Morgan fingerprint density at radius 2 is 2.42 bits per heavy atom. The first-order valence-electron chi connectivity index (χ1n) is 4.43. The van der Waals surface area contributed by atoms with Crippen LogP contribution in [0.1, 0.15) is 26.7 Å². The molecule has 1 rings (SSSR count). The van der Waals surface area contributed by atoms with Crippen molar-refractivity contribution in [2.75, 3.05) is 0 Å². The summed E-state index contributed by atoms with van der Waals surface area (Å²) in [5.41, 5.74) is 0.148. The Kier molecular flexibility index (Phi) is 2.51. The van der Waals surface area contributed by atoms with Crippen LogP contribution in [-0.4, -0.2) is 5.78 Å². The Bertz CT molecular complexity index is 227. The van der Waals surface area contributed by atoms with Crippen molar-refractivity contribution in [3.63, 3.8) is 0 Å². The molecule has 0 aromatic carbocycles. The molecule has 66 valence electrons. The molecule has 2 atom stereocenters. The summed E-state index contributed by atoms with van der Waals surface area (Å²) in [6, 6.07) is 0. The van der Waals surface area contributed by atoms with E-state index in [0.29, 0.717) is 12.3 Å². The van der Waals surface area contributed by atoms with Crippen molar-refractivity contribution in [1.82, 2.24) is 0 Å². The summed E-state index contributed by atoms with van der Waals surface area (Å²) in [6.45, 7) is 8.11. The largest absolute Gasteiger partial charge is 0.295 e. The molecule has 0 N–H and O–H groups in total. The maximum Gasteiger partial charge on any atom is 0.155 e. The molecule has 1 heteroatoms. The van der Waals surface area contributed by atoms with E-state index in [4.69, 9.17) is 0 Å². The molecule has 0 radical (unpaired) electrons. The van der Waals surface area contributed by atoms with Gasteiger partial charge in [-0.05, 0) is 23.8 Å². The number of carbonyl (C=O) groups excluding carboxylic acids is 1. The molecule has 0 amide bonds. The van der Waals surface area contributed by atoms with E-state index >= 15 is 0 Å². The van der Waals surface area contributed by atoms with Crippen molar-refractivity contribution < 1.29 is 4.79 Å². The predicted octanol–water partition coefficient (Wildman–Crippen LogP) is 2.73. The minimum Gasteiger partial charge on any atom is -0.295 e. The van der Waals surface area contributed by atoms with Gasteiger partial charge in [0.2, 0.25) is 0 Å². The molecule has 0 heterocycles. The number of ketones is 1. The van der Waals surface area contributed by atoms with Crippen molar-refractivity contribution in [1.29, 1.82) is 0 Å². The fourth-order valence-electron chi connectivity index (χ4n) is 1.49. The van der Waals surface area contributed by atoms with Crippen molar-refractivity contribution in [2.45, 2.75) is 26.7 Å². The highest BCUT2D eigenvalue weighted by atomic mass is 16.1. The van der Waals surface area contributed by atoms with Crippen molar-refractivity contribution in [3.05, 3.63) is 24.8 Å². The maximum absolute atomic E-state index is 10.9. The van der Waals surface area contributed by atoms with E-state index in [1.54, 1.807) is 6.08 Å². The molecule has 0 bridgehead atoms. The highest BCUT2D eigenvalue weighted by molar-refractivity contribution is 5.90. The van der Waals surface area contributed by atoms with Crippen molar-refractivity contribution in [3.8, 4) is 0 Å². The first-order chi connectivity index (χ1) is 5.58. The molecule has 0 aromatic heterocycles. The third-order valence-electron chi connectivity index (χ3n) is 2.95. The lowest BCUT2D eigenvalue weighted by Crippen LogP contribution is -2.25. The number of hydrogen-bond donors (Lipinski definition) is 0. The van der Waals surface area contributed by atoms with Crippen LogP contribution >= 0.6 is 0 Å². The van der Waals surface area contributed by atoms with Gasteiger partial charge in [-0.2, -0.15) is 0 Å². The van der Waals surface area contributed by atoms with Gasteiger partial charge in [0.25, 0.3) is 0 Å². The van der Waals surface area contributed by atoms with Crippen LogP contribution in [-0.2, 0) is 4.79 Å². The minimum atomic E-state index is 0.148. The SMILES string of the molecule is C=CC(C)C1(C)C=CC(=O)CC1. The second-order valence-corrected chi connectivity index (χ2v) is 3.83. The lowest BCUT2D eigenvalue weighted by atomic mass is 9.71. The second kappa shape index (κ2) is 3.26. The zero-order valence-electron chi connectivity index (χ0n) is 7.84. The number of carbonyl (C=O) groups is 1. The highest BCUT2D eigenvalue weighted by Gasteiger charge is 2.29. The molecule has 1 aliphatic carbocycles. The summed E-state index contributed by atoms with van der Waals surface area (Å²) < 4.78 is 0. The maximum atomic E-state index is 10.9. The first-order valence-corrected chi connectivity index (χ1v) is 4.43. The van der Waals surface area contributed by atoms with Gasteiger partial charge in [-0.3, -0.25) is 4.79 Å². The normalized spacial score (nSPS) is 31.7. The fourth-order valence-corrected chi connectivity index (χ4v) is 1.49. The van der Waals surface area contributed by atoms with Crippen LogP contribution in [0.4, 0.5) is 0 Å². The van der Waals surface area contributed by atoms with E-state index in [9.17, 15) is 4.79 Å². The smallest absolute Gasteiger partial charge is 0.155 e. The van der Waals surface area contributed by atoms with Gasteiger partial charge >= 0.3 is 0 Å². The Hall–Kier alpha value is -0.850. The molecule has 1 nitrogen and oxygen atoms in total. The predicted molar refractivity (Wildman–Crippen MR) is 50.8 cm³/mol. The van der Waals surface area contributed by atoms with Gasteiger partial charge in [-0.25, -0.2) is 0 Å². The molecule has 2 unspecified atom stereocenters. The summed E-state index contributed by atoms with van der Waals surface area (Å²) in [7, 11) is 0. The third-order valence-corrected chi connectivity index (χ3v) is 2.95. The molecule has 0 saturated heterocycles. The molecule has 1 aliphatic rings. The van der Waals surface area contributed by atoms with Gasteiger partial charge in [-0.1, -0.05) is 26.0 Å². The zero-order chi connectivity index (χ0) is 9.19. The molecule has 0 aliphatic heterocycles. The van der Waals surface area contributed by atoms with Crippen LogP contribution in [0.2, 0.25) is 0 Å². The van der Waals surface area contributed by atoms with E-state index < -0.39 is 0 Å². The minimum absolute atomic E-state index is 0.148. The molecule has 0 aromatic rings. The van der Waals surface area contributed by atoms with Crippen LogP contribution in [0, 0.1) is 11.3 Å². The van der Waals surface area contributed by atoms with E-state index in [0.717, 1.165) is 6.42 Å². The van der Waals surface area contributed by atoms with Crippen LogP contribution in [0.25, 0.3) is 0 Å². The van der Waals surface area contributed by atoms with Gasteiger partial charge in [0.1, 0.15) is 0 Å². The molecule has 0 spiro atoms. The highest BCUT2D eigenvalue weighted by Crippen LogP contribution is 2.37. The quantitative estimate of drug-likeness (QED) is 0.573. The Morgan fingerprint density at radius 3 is 2.83 bits per heavy atom. The van der Waals surface area contributed by atoms with E-state index in [2.05, 4.69) is 20.4 Å². The standard InChI is InChI=1S/C11H16O/c1-4-9(2)11(3)7-5-10(12)6-8-11/h4-5,7,9H,1,6,8H2,2-3H3. The summed E-state index contributed by atoms with van der Waals surface area (Å²) in [5.74, 6) is 0.700. The monoisotopic (exact) mass is 164 g/mol. The van der Waals surface area contributed by atoms with Gasteiger partial charge in [0.15, 0.2) is 5.78 Å². The Labute approximate surface area is 74.2 Å². The summed E-state index contributed by atoms with van der Waals surface area (Å²) in [5, 5.41) is 0. The van der Waals surface area contributed by atoms with Crippen molar-refractivity contribution in [2.24, 2.45) is 11.3 Å². The Balaban J connectivity index is 2.79. The molecule has 0 fully saturated rings. The van der Waals surface area contributed by atoms with Gasteiger partial charge < -0.3 is 0 Å². The average Bonchev–Trinajstić information content (AvgIpc) is 2.09. The number of allylic oxidation sites excluding steroid dienone is 3. The molecular formula is C11H16O. The average molecular weight is 164 g/mol. The van der Waals surface area contributed by atoms with Crippen molar-refractivity contribution >= 4 is 5.78 Å². The van der Waals surface area contributed by atoms with Gasteiger partial charge in [0.05, 0.1) is 0 Å². The number of hydrogen-bond acceptors (Lipinski definition) is 1. The van der Waals surface area contributed by atoms with Crippen LogP contribution in [0.15, 0.2) is 24.8 Å². The summed E-state index contributed by atoms with van der Waals surface area (Å²) in [6.07, 6.45) is 7.34. The Morgan fingerprint density at radius 1 is 1.75 bits per heavy atom. The third kappa shape index (κ3) is 1.66. The first kappa shape index (κ1) is 9.24. The summed E-state index contributed by atoms with van der Waals surface area (Å²) >= 11 is 0. The fraction of sp³-hybridized carbons (Fsp3) is 0.545. The zero-order valence-corrected chi connectivity index (χ0v) is 7.84. The lowest BCUT2D eigenvalue weighted by molar-refractivity contribution is -0.115. The van der Waals surface area contributed by atoms with E-state index in [1.807, 2.05) is 12.2 Å². The van der Waals surface area contributed by atoms with Crippen LogP contribution in [0.5, 0.6) is 0 Å². The van der Waals surface area contributed by atoms with Crippen LogP contribution < -0.4 is 0 Å². The lowest BCUT2D eigenvalue weighted by Gasteiger charge is -2.32. The number of rotatable bonds is 2. The van der Waals surface area contributed by atoms with Gasteiger partial charge in [0, 0.05) is 6.42 Å². The van der Waals surface area contributed by atoms with E-state index in [1.165, 1.54) is 0 Å².